The van der Waals surface area contributed by atoms with Crippen molar-refractivity contribution in [2.75, 3.05) is 4.90 Å². The van der Waals surface area contributed by atoms with E-state index in [9.17, 15) is 5.11 Å². The Labute approximate surface area is 118 Å². The molecule has 6 heteroatoms. The lowest BCUT2D eigenvalue weighted by Crippen LogP contribution is -2.46. The molecule has 0 spiro atoms. The first kappa shape index (κ1) is 12.9. The van der Waals surface area contributed by atoms with Crippen molar-refractivity contribution in [1.82, 2.24) is 9.97 Å². The number of hydrogen-bond donors (Lipinski definition) is 1. The van der Waals surface area contributed by atoms with E-state index in [0.29, 0.717) is 11.3 Å². The van der Waals surface area contributed by atoms with Gasteiger partial charge < -0.3 is 10.0 Å². The number of aromatic nitrogens is 2. The van der Waals surface area contributed by atoms with Gasteiger partial charge in [0, 0.05) is 17.8 Å². The molecule has 1 aromatic rings. The zero-order valence-electron chi connectivity index (χ0n) is 10.8. The van der Waals surface area contributed by atoms with Crippen LogP contribution in [-0.2, 0) is 0 Å². The fourth-order valence-electron chi connectivity index (χ4n) is 2.98. The number of hydrogen-bond acceptors (Lipinski definition) is 4. The van der Waals surface area contributed by atoms with E-state index in [4.69, 9.17) is 19.4 Å². The molecule has 0 bridgehead atoms. The maximum atomic E-state index is 10.4. The first-order chi connectivity index (χ1) is 9.09. The second-order valence-electron chi connectivity index (χ2n) is 5.18. The number of halogens is 1. The van der Waals surface area contributed by atoms with Gasteiger partial charge in [-0.2, -0.15) is 4.98 Å². The van der Waals surface area contributed by atoms with Crippen LogP contribution >= 0.6 is 11.6 Å². The first-order valence-corrected chi connectivity index (χ1v) is 6.93. The van der Waals surface area contributed by atoms with Crippen LogP contribution in [0.15, 0.2) is 11.7 Å². The molecule has 1 atom stereocenters. The predicted molar refractivity (Wildman–Crippen MR) is 76.1 cm³/mol. The standard InChI is InChI=1S/C13H15BClN3O/c1-7-9-6-16-13(15)17-11(9)18(12(19)10(7)14)8-4-2-3-5-8/h6,8,12,19H,2-5H2,1H3. The van der Waals surface area contributed by atoms with Crippen LogP contribution in [0.2, 0.25) is 5.28 Å². The molecule has 2 heterocycles. The highest BCUT2D eigenvalue weighted by Gasteiger charge is 2.35. The summed E-state index contributed by atoms with van der Waals surface area (Å²) in [6.45, 7) is 1.88. The molecule has 2 aliphatic rings. The summed E-state index contributed by atoms with van der Waals surface area (Å²) in [6, 6.07) is 0.270. The van der Waals surface area contributed by atoms with E-state index in [1.54, 1.807) is 6.20 Å². The molecule has 98 valence electrons. The SMILES string of the molecule is [B]C1=C(C)c2cnc(Cl)nc2N(C2CCCC2)C1O. The highest BCUT2D eigenvalue weighted by atomic mass is 35.5. The Morgan fingerprint density at radius 2 is 2.11 bits per heavy atom. The fourth-order valence-corrected chi connectivity index (χ4v) is 3.11. The molecule has 3 rings (SSSR count). The summed E-state index contributed by atoms with van der Waals surface area (Å²) in [6.07, 6.45) is 5.30. The molecular formula is C13H15BClN3O. The van der Waals surface area contributed by atoms with E-state index < -0.39 is 6.23 Å². The van der Waals surface area contributed by atoms with E-state index in [0.717, 1.165) is 24.0 Å². The van der Waals surface area contributed by atoms with E-state index in [2.05, 4.69) is 9.97 Å². The van der Waals surface area contributed by atoms with E-state index in [1.165, 1.54) is 12.8 Å². The third-order valence-electron chi connectivity index (χ3n) is 4.08. The van der Waals surface area contributed by atoms with Gasteiger partial charge in [0.25, 0.3) is 0 Å². The van der Waals surface area contributed by atoms with Crippen LogP contribution in [0.1, 0.15) is 38.2 Å². The molecule has 1 N–H and O–H groups in total. The molecule has 1 unspecified atom stereocenters. The third-order valence-corrected chi connectivity index (χ3v) is 4.26. The Morgan fingerprint density at radius 1 is 1.42 bits per heavy atom. The molecular weight excluding hydrogens is 260 g/mol. The molecule has 1 fully saturated rings. The minimum atomic E-state index is -0.818. The molecule has 2 radical (unpaired) electrons. The largest absolute Gasteiger partial charge is 0.370 e. The highest BCUT2D eigenvalue weighted by molar-refractivity contribution is 6.29. The maximum Gasteiger partial charge on any atom is 0.224 e. The Bertz CT molecular complexity index is 543. The van der Waals surface area contributed by atoms with Gasteiger partial charge in [-0.05, 0) is 36.9 Å². The second-order valence-corrected chi connectivity index (χ2v) is 5.51. The molecule has 4 nitrogen and oxygen atoms in total. The van der Waals surface area contributed by atoms with Crippen molar-refractivity contribution in [2.45, 2.75) is 44.9 Å². The van der Waals surface area contributed by atoms with Crippen molar-refractivity contribution in [2.24, 2.45) is 0 Å². The van der Waals surface area contributed by atoms with Crippen LogP contribution in [0, 0.1) is 0 Å². The molecule has 1 aliphatic heterocycles. The summed E-state index contributed by atoms with van der Waals surface area (Å²) < 4.78 is 0. The van der Waals surface area contributed by atoms with Crippen LogP contribution in [0.5, 0.6) is 0 Å². The maximum absolute atomic E-state index is 10.4. The van der Waals surface area contributed by atoms with Crippen molar-refractivity contribution in [1.29, 1.82) is 0 Å². The van der Waals surface area contributed by atoms with Crippen molar-refractivity contribution in [3.8, 4) is 0 Å². The van der Waals surface area contributed by atoms with E-state index >= 15 is 0 Å². The Balaban J connectivity index is 2.13. The Morgan fingerprint density at radius 3 is 2.79 bits per heavy atom. The number of fused-ring (bicyclic) bond motifs is 1. The molecule has 19 heavy (non-hydrogen) atoms. The smallest absolute Gasteiger partial charge is 0.224 e. The van der Waals surface area contributed by atoms with Crippen LogP contribution in [0.4, 0.5) is 5.82 Å². The number of aliphatic hydroxyl groups is 1. The minimum absolute atomic E-state index is 0.196. The van der Waals surface area contributed by atoms with Crippen LogP contribution in [0.3, 0.4) is 0 Å². The number of anilines is 1. The van der Waals surface area contributed by atoms with Crippen molar-refractivity contribution in [3.05, 3.63) is 22.5 Å². The average molecular weight is 276 g/mol. The lowest BCUT2D eigenvalue weighted by atomic mass is 9.83. The van der Waals surface area contributed by atoms with Crippen LogP contribution < -0.4 is 4.90 Å². The lowest BCUT2D eigenvalue weighted by Gasteiger charge is -2.40. The fraction of sp³-hybridized carbons (Fsp3) is 0.538. The second kappa shape index (κ2) is 4.80. The average Bonchev–Trinajstić information content (AvgIpc) is 2.90. The molecule has 1 saturated carbocycles. The summed E-state index contributed by atoms with van der Waals surface area (Å²) in [5.74, 6) is 0.700. The minimum Gasteiger partial charge on any atom is -0.370 e. The highest BCUT2D eigenvalue weighted by Crippen LogP contribution is 2.39. The summed E-state index contributed by atoms with van der Waals surface area (Å²) in [7, 11) is 6.03. The van der Waals surface area contributed by atoms with Gasteiger partial charge in [0.2, 0.25) is 5.28 Å². The van der Waals surface area contributed by atoms with Gasteiger partial charge in [-0.15, -0.1) is 0 Å². The number of rotatable bonds is 1. The number of aliphatic hydroxyl groups excluding tert-OH is 1. The monoisotopic (exact) mass is 275 g/mol. The molecule has 0 aromatic carbocycles. The first-order valence-electron chi connectivity index (χ1n) is 6.55. The quantitative estimate of drug-likeness (QED) is 0.630. The zero-order chi connectivity index (χ0) is 13.6. The lowest BCUT2D eigenvalue weighted by molar-refractivity contribution is 0.197. The van der Waals surface area contributed by atoms with Crippen molar-refractivity contribution < 1.29 is 5.11 Å². The number of nitrogens with zero attached hydrogens (tertiary/aromatic N) is 3. The van der Waals surface area contributed by atoms with Gasteiger partial charge in [-0.25, -0.2) is 4.98 Å². The van der Waals surface area contributed by atoms with Gasteiger partial charge >= 0.3 is 0 Å². The van der Waals surface area contributed by atoms with Gasteiger partial charge in [0.1, 0.15) is 19.9 Å². The van der Waals surface area contributed by atoms with Crippen LogP contribution in [0.25, 0.3) is 5.57 Å². The van der Waals surface area contributed by atoms with Gasteiger partial charge in [-0.3, -0.25) is 0 Å². The molecule has 1 aliphatic carbocycles. The molecule has 0 saturated heterocycles. The van der Waals surface area contributed by atoms with Gasteiger partial charge in [-0.1, -0.05) is 18.3 Å². The summed E-state index contributed by atoms with van der Waals surface area (Å²) in [5.41, 5.74) is 2.16. The van der Waals surface area contributed by atoms with E-state index in [1.807, 2.05) is 11.8 Å². The topological polar surface area (TPSA) is 49.2 Å². The normalized spacial score (nSPS) is 23.9. The van der Waals surface area contributed by atoms with E-state index in [-0.39, 0.29) is 11.3 Å². The third kappa shape index (κ3) is 2.05. The van der Waals surface area contributed by atoms with Crippen LogP contribution in [-0.4, -0.2) is 35.2 Å². The molecule has 1 aromatic heterocycles. The Kier molecular flexibility index (Phi) is 3.27. The summed E-state index contributed by atoms with van der Waals surface area (Å²) in [5, 5.41) is 10.6. The zero-order valence-corrected chi connectivity index (χ0v) is 11.6. The number of allylic oxidation sites excluding steroid dienone is 1. The van der Waals surface area contributed by atoms with Gasteiger partial charge in [0.15, 0.2) is 0 Å². The van der Waals surface area contributed by atoms with Gasteiger partial charge in [0.05, 0.1) is 0 Å². The van der Waals surface area contributed by atoms with Crippen molar-refractivity contribution in [3.63, 3.8) is 0 Å². The predicted octanol–water partition coefficient (Wildman–Crippen LogP) is 2.11. The summed E-state index contributed by atoms with van der Waals surface area (Å²) in [4.78, 5) is 10.2. The van der Waals surface area contributed by atoms with Crippen molar-refractivity contribution >= 4 is 30.8 Å². The summed E-state index contributed by atoms with van der Waals surface area (Å²) >= 11 is 5.90. The molecule has 0 amide bonds. The Hall–Kier alpha value is -1.07.